The number of aliphatic carboxylic acids is 1. The second kappa shape index (κ2) is 12.2. The lowest BCUT2D eigenvalue weighted by molar-refractivity contribution is -0.142. The Hall–Kier alpha value is -3.26. The minimum Gasteiger partial charge on any atom is -0.480 e. The van der Waals surface area contributed by atoms with Crippen LogP contribution in [0.25, 0.3) is 0 Å². The molecule has 11 N–H and O–H groups in total. The first kappa shape index (κ1) is 24.7. The number of primary amides is 2. The van der Waals surface area contributed by atoms with Gasteiger partial charge in [0.05, 0.1) is 19.6 Å². The number of carboxylic acid groups (broad SMARTS) is 1. The molecule has 0 spiro atoms. The maximum absolute atomic E-state index is 12.1. The van der Waals surface area contributed by atoms with Crippen LogP contribution in [-0.2, 0) is 28.8 Å². The van der Waals surface area contributed by atoms with Crippen LogP contribution in [0.3, 0.4) is 0 Å². The van der Waals surface area contributed by atoms with E-state index in [2.05, 4.69) is 16.0 Å². The van der Waals surface area contributed by atoms with Gasteiger partial charge in [0.2, 0.25) is 29.5 Å². The van der Waals surface area contributed by atoms with Crippen LogP contribution < -0.4 is 33.2 Å². The molecular weight excluding hydrogens is 380 g/mol. The third-order valence-electron chi connectivity index (χ3n) is 3.31. The zero-order valence-electron chi connectivity index (χ0n) is 14.8. The number of carbonyl (C=O) groups excluding carboxylic acids is 5. The Balaban J connectivity index is 4.78. The summed E-state index contributed by atoms with van der Waals surface area (Å²) in [5, 5.41) is 24.1. The smallest absolute Gasteiger partial charge is 0.326 e. The molecule has 3 unspecified atom stereocenters. The molecule has 14 nitrogen and oxygen atoms in total. The molecular formula is C14H24N6O8. The van der Waals surface area contributed by atoms with E-state index in [0.29, 0.717) is 0 Å². The Labute approximate surface area is 159 Å². The zero-order valence-corrected chi connectivity index (χ0v) is 14.8. The van der Waals surface area contributed by atoms with Crippen molar-refractivity contribution in [2.75, 3.05) is 13.2 Å². The van der Waals surface area contributed by atoms with Crippen LogP contribution in [0.15, 0.2) is 0 Å². The van der Waals surface area contributed by atoms with Crippen LogP contribution in [0.1, 0.15) is 19.3 Å². The van der Waals surface area contributed by atoms with Crippen molar-refractivity contribution in [1.29, 1.82) is 0 Å². The summed E-state index contributed by atoms with van der Waals surface area (Å²) in [7, 11) is 0. The maximum atomic E-state index is 12.1. The Morgan fingerprint density at radius 2 is 1.50 bits per heavy atom. The van der Waals surface area contributed by atoms with Crippen LogP contribution in [0.2, 0.25) is 0 Å². The lowest BCUT2D eigenvalue weighted by Gasteiger charge is -2.19. The summed E-state index contributed by atoms with van der Waals surface area (Å²) in [6, 6.07) is -4.20. The lowest BCUT2D eigenvalue weighted by Crippen LogP contribution is -2.55. The molecule has 0 radical (unpaired) electrons. The topological polar surface area (TPSA) is 257 Å². The van der Waals surface area contributed by atoms with E-state index in [9.17, 15) is 28.8 Å². The molecule has 0 heterocycles. The average Bonchev–Trinajstić information content (AvgIpc) is 2.60. The molecule has 28 heavy (non-hydrogen) atoms. The van der Waals surface area contributed by atoms with E-state index in [1.165, 1.54) is 0 Å². The van der Waals surface area contributed by atoms with E-state index in [1.807, 2.05) is 0 Å². The highest BCUT2D eigenvalue weighted by Crippen LogP contribution is 1.98. The minimum absolute atomic E-state index is 0.246. The van der Waals surface area contributed by atoms with Gasteiger partial charge in [0, 0.05) is 6.42 Å². The summed E-state index contributed by atoms with van der Waals surface area (Å²) in [5.41, 5.74) is 15.2. The molecule has 0 bridgehead atoms. The van der Waals surface area contributed by atoms with Crippen LogP contribution in [-0.4, -0.2) is 77.0 Å². The van der Waals surface area contributed by atoms with Crippen LogP contribution in [0.4, 0.5) is 0 Å². The molecule has 158 valence electrons. The van der Waals surface area contributed by atoms with E-state index in [4.69, 9.17) is 27.4 Å². The summed E-state index contributed by atoms with van der Waals surface area (Å²) in [6.07, 6.45) is -1.13. The van der Waals surface area contributed by atoms with Gasteiger partial charge in [-0.1, -0.05) is 0 Å². The number of hydrogen-bond donors (Lipinski definition) is 8. The quantitative estimate of drug-likeness (QED) is 0.145. The summed E-state index contributed by atoms with van der Waals surface area (Å²) in [4.78, 5) is 68.3. The van der Waals surface area contributed by atoms with Crippen molar-refractivity contribution < 1.29 is 39.0 Å². The number of rotatable bonds is 13. The molecule has 0 aromatic heterocycles. The first-order valence-corrected chi connectivity index (χ1v) is 8.01. The highest BCUT2D eigenvalue weighted by Gasteiger charge is 2.26. The molecule has 5 amide bonds. The van der Waals surface area contributed by atoms with Gasteiger partial charge in [0.25, 0.3) is 0 Å². The van der Waals surface area contributed by atoms with Gasteiger partial charge in [-0.2, -0.15) is 0 Å². The van der Waals surface area contributed by atoms with Crippen molar-refractivity contribution >= 4 is 35.5 Å². The largest absolute Gasteiger partial charge is 0.480 e. The number of nitrogens with one attached hydrogen (secondary N) is 3. The van der Waals surface area contributed by atoms with Gasteiger partial charge in [-0.25, -0.2) is 4.79 Å². The Kier molecular flexibility index (Phi) is 10.8. The van der Waals surface area contributed by atoms with Gasteiger partial charge in [0.1, 0.15) is 18.1 Å². The van der Waals surface area contributed by atoms with Gasteiger partial charge in [-0.15, -0.1) is 0 Å². The summed E-state index contributed by atoms with van der Waals surface area (Å²) in [5.74, 6) is -5.87. The third-order valence-corrected chi connectivity index (χ3v) is 3.31. The summed E-state index contributed by atoms with van der Waals surface area (Å²) < 4.78 is 0. The number of nitrogens with two attached hydrogens (primary N) is 3. The fourth-order valence-corrected chi connectivity index (χ4v) is 1.85. The number of aliphatic hydroxyl groups is 1. The molecule has 0 aromatic rings. The van der Waals surface area contributed by atoms with Crippen molar-refractivity contribution in [3.05, 3.63) is 0 Å². The van der Waals surface area contributed by atoms with E-state index in [1.54, 1.807) is 0 Å². The average molecular weight is 404 g/mol. The van der Waals surface area contributed by atoms with Crippen LogP contribution in [0.5, 0.6) is 0 Å². The fraction of sp³-hybridized carbons (Fsp3) is 0.571. The summed E-state index contributed by atoms with van der Waals surface area (Å²) in [6.45, 7) is -1.39. The van der Waals surface area contributed by atoms with E-state index < -0.39 is 73.2 Å². The maximum Gasteiger partial charge on any atom is 0.326 e. The van der Waals surface area contributed by atoms with Crippen molar-refractivity contribution in [3.8, 4) is 0 Å². The highest BCUT2D eigenvalue weighted by atomic mass is 16.4. The molecule has 0 saturated heterocycles. The van der Waals surface area contributed by atoms with Crippen molar-refractivity contribution in [1.82, 2.24) is 16.0 Å². The van der Waals surface area contributed by atoms with Gasteiger partial charge < -0.3 is 43.4 Å². The first-order valence-electron chi connectivity index (χ1n) is 8.01. The molecule has 0 aliphatic heterocycles. The third kappa shape index (κ3) is 10.0. The van der Waals surface area contributed by atoms with Crippen molar-refractivity contribution in [2.24, 2.45) is 17.2 Å². The molecule has 0 aliphatic carbocycles. The Morgan fingerprint density at radius 1 is 0.893 bits per heavy atom. The predicted molar refractivity (Wildman–Crippen MR) is 91.8 cm³/mol. The fourth-order valence-electron chi connectivity index (χ4n) is 1.85. The number of carboxylic acids is 1. The van der Waals surface area contributed by atoms with Gasteiger partial charge in [-0.05, 0) is 6.42 Å². The minimum atomic E-state index is -1.46. The molecule has 0 aromatic carbocycles. The zero-order chi connectivity index (χ0) is 21.9. The highest BCUT2D eigenvalue weighted by molar-refractivity contribution is 5.95. The second-order valence-corrected chi connectivity index (χ2v) is 5.70. The normalized spacial score (nSPS) is 13.5. The first-order chi connectivity index (χ1) is 13.0. The molecule has 0 fully saturated rings. The molecule has 0 aliphatic rings. The molecule has 0 rings (SSSR count). The van der Waals surface area contributed by atoms with E-state index in [-0.39, 0.29) is 12.8 Å². The van der Waals surface area contributed by atoms with E-state index >= 15 is 0 Å². The van der Waals surface area contributed by atoms with Gasteiger partial charge in [-0.3, -0.25) is 24.0 Å². The summed E-state index contributed by atoms with van der Waals surface area (Å²) >= 11 is 0. The SMILES string of the molecule is NC(=O)CCC(NC(=O)CNC(=O)C(CC(N)=O)NC(=O)C(N)CO)C(=O)O. The Bertz CT molecular complexity index is 625. The Morgan fingerprint density at radius 3 is 1.96 bits per heavy atom. The van der Waals surface area contributed by atoms with Gasteiger partial charge in [0.15, 0.2) is 0 Å². The number of amides is 5. The van der Waals surface area contributed by atoms with E-state index in [0.717, 1.165) is 0 Å². The standard InChI is InChI=1S/C14H24N6O8/c15-6(5-21)12(25)20-8(3-10(17)23)13(26)18-4-11(24)19-7(14(27)28)1-2-9(16)22/h6-8,21H,1-5,15H2,(H2,16,22)(H2,17,23)(H,18,26)(H,19,24)(H,20,25)(H,27,28). The van der Waals surface area contributed by atoms with Crippen LogP contribution >= 0.6 is 0 Å². The van der Waals surface area contributed by atoms with Crippen molar-refractivity contribution in [3.63, 3.8) is 0 Å². The number of hydrogen-bond acceptors (Lipinski definition) is 8. The number of carbonyl (C=O) groups is 6. The van der Waals surface area contributed by atoms with Crippen molar-refractivity contribution in [2.45, 2.75) is 37.4 Å². The molecule has 0 saturated carbocycles. The molecule has 3 atom stereocenters. The monoisotopic (exact) mass is 404 g/mol. The number of aliphatic hydroxyl groups excluding tert-OH is 1. The van der Waals surface area contributed by atoms with Gasteiger partial charge >= 0.3 is 5.97 Å². The molecule has 14 heteroatoms. The second-order valence-electron chi connectivity index (χ2n) is 5.70. The lowest BCUT2D eigenvalue weighted by atomic mass is 10.1. The predicted octanol–water partition coefficient (Wildman–Crippen LogP) is -5.38. The van der Waals surface area contributed by atoms with Crippen LogP contribution in [0, 0.1) is 0 Å².